The van der Waals surface area contributed by atoms with Crippen LogP contribution < -0.4 is 5.32 Å². The molecule has 0 aromatic carbocycles. The van der Waals surface area contributed by atoms with E-state index in [-0.39, 0.29) is 42.8 Å². The standard InChI is InChI=1S/C22H36N2O7S/c1-5-30-21(28)14(4)32-12-16(22(29)31-6-2)23-13(3)19(25)24-17-10-8-7-9-15(17)11-18(24)20(26)27/h13-18,23H,5-12H2,1-4H3,(H,26,27)/t13-,14-,15?,16+,17?,18-/m0/s1. The Balaban J connectivity index is 2.08. The summed E-state index contributed by atoms with van der Waals surface area (Å²) in [6, 6.07) is -2.49. The molecule has 1 aliphatic carbocycles. The maximum atomic E-state index is 13.3. The lowest BCUT2D eigenvalue weighted by Crippen LogP contribution is -2.56. The Morgan fingerprint density at radius 1 is 1.06 bits per heavy atom. The number of carbonyl (C=O) groups excluding carboxylic acids is 3. The lowest BCUT2D eigenvalue weighted by molar-refractivity contribution is -0.151. The van der Waals surface area contributed by atoms with Gasteiger partial charge >= 0.3 is 17.9 Å². The zero-order valence-corrected chi connectivity index (χ0v) is 20.2. The molecule has 1 aliphatic heterocycles. The number of rotatable bonds is 11. The number of thioether (sulfide) groups is 1. The highest BCUT2D eigenvalue weighted by molar-refractivity contribution is 8.00. The predicted molar refractivity (Wildman–Crippen MR) is 120 cm³/mol. The number of aliphatic carboxylic acids is 1. The van der Waals surface area contributed by atoms with Crippen LogP contribution in [0.3, 0.4) is 0 Å². The van der Waals surface area contributed by atoms with E-state index in [4.69, 9.17) is 9.47 Å². The van der Waals surface area contributed by atoms with Crippen molar-refractivity contribution in [1.29, 1.82) is 0 Å². The van der Waals surface area contributed by atoms with E-state index in [1.807, 2.05) is 0 Å². The highest BCUT2D eigenvalue weighted by Crippen LogP contribution is 2.40. The molecule has 0 radical (unpaired) electrons. The van der Waals surface area contributed by atoms with Crippen LogP contribution in [0.4, 0.5) is 0 Å². The summed E-state index contributed by atoms with van der Waals surface area (Å²) < 4.78 is 10.1. The van der Waals surface area contributed by atoms with Crippen molar-refractivity contribution in [2.45, 2.75) is 89.2 Å². The highest BCUT2D eigenvalue weighted by Gasteiger charge is 2.48. The Morgan fingerprint density at radius 3 is 2.31 bits per heavy atom. The molecule has 0 aromatic heterocycles. The van der Waals surface area contributed by atoms with E-state index in [0.717, 1.165) is 25.7 Å². The smallest absolute Gasteiger partial charge is 0.326 e. The third-order valence-corrected chi connectivity index (χ3v) is 7.37. The maximum absolute atomic E-state index is 13.3. The van der Waals surface area contributed by atoms with Crippen molar-refractivity contribution in [2.75, 3.05) is 19.0 Å². The summed E-state index contributed by atoms with van der Waals surface area (Å²) in [5, 5.41) is 12.3. The number of amides is 1. The number of carboxylic acids is 1. The number of hydrogen-bond donors (Lipinski definition) is 2. The number of nitrogens with one attached hydrogen (secondary N) is 1. The fourth-order valence-corrected chi connectivity index (χ4v) is 5.51. The summed E-state index contributed by atoms with van der Waals surface area (Å²) in [6.45, 7) is 7.23. The van der Waals surface area contributed by atoms with Gasteiger partial charge in [0.25, 0.3) is 0 Å². The van der Waals surface area contributed by atoms with Crippen molar-refractivity contribution >= 4 is 35.6 Å². The van der Waals surface area contributed by atoms with E-state index in [9.17, 15) is 24.3 Å². The molecule has 32 heavy (non-hydrogen) atoms. The molecule has 1 saturated carbocycles. The third-order valence-electron chi connectivity index (χ3n) is 6.15. The molecular weight excluding hydrogens is 436 g/mol. The first kappa shape index (κ1) is 26.4. The van der Waals surface area contributed by atoms with E-state index in [2.05, 4.69) is 5.32 Å². The number of ether oxygens (including phenoxy) is 2. The van der Waals surface area contributed by atoms with E-state index >= 15 is 0 Å². The SMILES string of the molecule is CCOC(=O)[C@H](C)SC[C@@H](N[C@@H](C)C(=O)N1C2CCCCC2C[C@H]1C(=O)O)C(=O)OCC. The monoisotopic (exact) mass is 472 g/mol. The summed E-state index contributed by atoms with van der Waals surface area (Å²) in [6.07, 6.45) is 4.26. The summed E-state index contributed by atoms with van der Waals surface area (Å²) >= 11 is 1.24. The van der Waals surface area contributed by atoms with Gasteiger partial charge in [0.1, 0.15) is 12.1 Å². The molecule has 0 bridgehead atoms. The van der Waals surface area contributed by atoms with E-state index in [1.54, 1.807) is 27.7 Å². The number of carbonyl (C=O) groups is 4. The van der Waals surface area contributed by atoms with Gasteiger partial charge in [-0.05, 0) is 52.9 Å². The minimum atomic E-state index is -0.985. The number of nitrogens with zero attached hydrogens (tertiary/aromatic N) is 1. The Kier molecular flexibility index (Phi) is 10.3. The van der Waals surface area contributed by atoms with Crippen LogP contribution in [0.15, 0.2) is 0 Å². The molecule has 1 amide bonds. The molecule has 6 atom stereocenters. The largest absolute Gasteiger partial charge is 0.480 e. The second-order valence-electron chi connectivity index (χ2n) is 8.37. The number of hydrogen-bond acceptors (Lipinski definition) is 8. The van der Waals surface area contributed by atoms with Crippen LogP contribution in [0.5, 0.6) is 0 Å². The maximum Gasteiger partial charge on any atom is 0.326 e. The van der Waals surface area contributed by atoms with Crippen LogP contribution in [0.1, 0.15) is 59.8 Å². The minimum Gasteiger partial charge on any atom is -0.480 e. The number of likely N-dealkylation sites (tertiary alicyclic amines) is 1. The van der Waals surface area contributed by atoms with Gasteiger partial charge in [-0.1, -0.05) is 12.8 Å². The first-order chi connectivity index (χ1) is 15.2. The zero-order chi connectivity index (χ0) is 23.8. The van der Waals surface area contributed by atoms with E-state index in [0.29, 0.717) is 6.42 Å². The molecule has 2 fully saturated rings. The molecule has 0 aromatic rings. The quantitative estimate of drug-likeness (QED) is 0.434. The van der Waals surface area contributed by atoms with Gasteiger partial charge in [-0.15, -0.1) is 11.8 Å². The van der Waals surface area contributed by atoms with Gasteiger partial charge in [0.15, 0.2) is 0 Å². The first-order valence-corrected chi connectivity index (χ1v) is 12.5. The molecule has 10 heteroatoms. The van der Waals surface area contributed by atoms with Crippen molar-refractivity contribution in [3.05, 3.63) is 0 Å². The van der Waals surface area contributed by atoms with Gasteiger partial charge in [0.05, 0.1) is 24.5 Å². The number of carboxylic acid groups (broad SMARTS) is 1. The molecule has 0 spiro atoms. The molecule has 9 nitrogen and oxygen atoms in total. The Bertz CT molecular complexity index is 689. The first-order valence-electron chi connectivity index (χ1n) is 11.5. The van der Waals surface area contributed by atoms with Crippen molar-refractivity contribution in [3.8, 4) is 0 Å². The van der Waals surface area contributed by atoms with Crippen molar-refractivity contribution < 1.29 is 33.8 Å². The molecule has 2 rings (SSSR count). The predicted octanol–water partition coefficient (Wildman–Crippen LogP) is 1.83. The van der Waals surface area contributed by atoms with Crippen molar-refractivity contribution in [1.82, 2.24) is 10.2 Å². The summed E-state index contributed by atoms with van der Waals surface area (Å²) in [5.74, 6) is -1.75. The molecule has 1 saturated heterocycles. The highest BCUT2D eigenvalue weighted by atomic mass is 32.2. The van der Waals surface area contributed by atoms with Crippen LogP contribution in [-0.2, 0) is 28.7 Å². The molecule has 2 unspecified atom stereocenters. The van der Waals surface area contributed by atoms with Crippen LogP contribution in [0, 0.1) is 5.92 Å². The molecule has 182 valence electrons. The van der Waals surface area contributed by atoms with Gasteiger partial charge in [0.2, 0.25) is 5.91 Å². The normalized spacial score (nSPS) is 25.4. The summed E-state index contributed by atoms with van der Waals surface area (Å²) in [5.41, 5.74) is 0. The van der Waals surface area contributed by atoms with E-state index < -0.39 is 35.3 Å². The number of esters is 2. The van der Waals surface area contributed by atoms with Gasteiger partial charge in [-0.25, -0.2) is 4.79 Å². The van der Waals surface area contributed by atoms with Gasteiger partial charge in [-0.3, -0.25) is 19.7 Å². The second-order valence-corrected chi connectivity index (χ2v) is 9.74. The third kappa shape index (κ3) is 6.60. The lowest BCUT2D eigenvalue weighted by atomic mass is 9.84. The molecule has 2 N–H and O–H groups in total. The van der Waals surface area contributed by atoms with Crippen LogP contribution >= 0.6 is 11.8 Å². The van der Waals surface area contributed by atoms with Crippen LogP contribution in [0.25, 0.3) is 0 Å². The fraction of sp³-hybridized carbons (Fsp3) is 0.818. The van der Waals surface area contributed by atoms with Gasteiger partial charge < -0.3 is 19.5 Å². The molecule has 1 heterocycles. The average Bonchev–Trinajstić information content (AvgIpc) is 3.15. The molecular formula is C22H36N2O7S. The number of fused-ring (bicyclic) bond motifs is 1. The van der Waals surface area contributed by atoms with Gasteiger partial charge in [0, 0.05) is 11.8 Å². The second kappa shape index (κ2) is 12.4. The zero-order valence-electron chi connectivity index (χ0n) is 19.4. The Morgan fingerprint density at radius 2 is 1.69 bits per heavy atom. The van der Waals surface area contributed by atoms with Crippen LogP contribution in [0.2, 0.25) is 0 Å². The van der Waals surface area contributed by atoms with Crippen molar-refractivity contribution in [3.63, 3.8) is 0 Å². The molecule has 2 aliphatic rings. The topological polar surface area (TPSA) is 122 Å². The lowest BCUT2D eigenvalue weighted by Gasteiger charge is -2.35. The summed E-state index contributed by atoms with van der Waals surface area (Å²) in [7, 11) is 0. The van der Waals surface area contributed by atoms with Gasteiger partial charge in [-0.2, -0.15) is 0 Å². The fourth-order valence-electron chi connectivity index (χ4n) is 4.59. The minimum absolute atomic E-state index is 0.0687. The Labute approximate surface area is 193 Å². The van der Waals surface area contributed by atoms with E-state index in [1.165, 1.54) is 16.7 Å². The Hall–Kier alpha value is -1.81. The average molecular weight is 473 g/mol. The van der Waals surface area contributed by atoms with Crippen LogP contribution in [-0.4, -0.2) is 82.2 Å². The summed E-state index contributed by atoms with van der Waals surface area (Å²) in [4.78, 5) is 51.1. The van der Waals surface area contributed by atoms with Crippen molar-refractivity contribution in [2.24, 2.45) is 5.92 Å².